The number of carbonyl (C=O) groups is 2. The van der Waals surface area contributed by atoms with Gasteiger partial charge in [-0.3, -0.25) is 4.90 Å². The number of alkyl halides is 3. The van der Waals surface area contributed by atoms with Crippen LogP contribution in [0.3, 0.4) is 0 Å². The largest absolute Gasteiger partial charge is 0.478 e. The summed E-state index contributed by atoms with van der Waals surface area (Å²) in [5.74, 6) is -2.25. The van der Waals surface area contributed by atoms with E-state index in [0.29, 0.717) is 18.7 Å². The number of hydrogen-bond acceptors (Lipinski definition) is 5. The molecule has 7 nitrogen and oxygen atoms in total. The first-order valence-electron chi connectivity index (χ1n) is 11.9. The highest BCUT2D eigenvalue weighted by Crippen LogP contribution is 2.30. The molecule has 1 aliphatic heterocycles. The van der Waals surface area contributed by atoms with Crippen molar-refractivity contribution in [2.45, 2.75) is 19.0 Å². The molecule has 0 saturated carbocycles. The number of anilines is 1. The van der Waals surface area contributed by atoms with Crippen molar-refractivity contribution in [1.29, 1.82) is 0 Å². The van der Waals surface area contributed by atoms with Crippen molar-refractivity contribution in [1.82, 2.24) is 9.88 Å². The Hall–Kier alpha value is -4.18. The average Bonchev–Trinajstić information content (AvgIpc) is 2.90. The van der Waals surface area contributed by atoms with Gasteiger partial charge in [0.25, 0.3) is 0 Å². The second kappa shape index (κ2) is 13.4. The molecule has 0 unspecified atom stereocenters. The van der Waals surface area contributed by atoms with Crippen molar-refractivity contribution in [3.8, 4) is 0 Å². The molecule has 38 heavy (non-hydrogen) atoms. The number of rotatable bonds is 8. The molecular weight excluding hydrogens is 499 g/mol. The number of halogens is 3. The van der Waals surface area contributed by atoms with E-state index in [2.05, 4.69) is 63.7 Å². The van der Waals surface area contributed by atoms with Gasteiger partial charge in [-0.2, -0.15) is 13.2 Å². The summed E-state index contributed by atoms with van der Waals surface area (Å²) in [6, 6.07) is 16.9. The highest BCUT2D eigenvalue weighted by molar-refractivity contribution is 5.94. The molecule has 3 aromatic rings. The van der Waals surface area contributed by atoms with Gasteiger partial charge in [0.2, 0.25) is 0 Å². The maximum Gasteiger partial charge on any atom is 0.416 e. The summed E-state index contributed by atoms with van der Waals surface area (Å²) < 4.78 is 38.3. The Morgan fingerprint density at radius 3 is 2.39 bits per heavy atom. The monoisotopic (exact) mass is 527 g/mol. The Morgan fingerprint density at radius 1 is 1.03 bits per heavy atom. The molecule has 0 fully saturated rings. The second-order valence-corrected chi connectivity index (χ2v) is 8.52. The summed E-state index contributed by atoms with van der Waals surface area (Å²) in [4.78, 5) is 25.4. The van der Waals surface area contributed by atoms with E-state index >= 15 is 0 Å². The maximum atomic E-state index is 12.8. The van der Waals surface area contributed by atoms with Crippen LogP contribution in [-0.2, 0) is 15.8 Å². The highest BCUT2D eigenvalue weighted by Gasteiger charge is 2.30. The first kappa shape index (κ1) is 28.4. The van der Waals surface area contributed by atoms with Crippen molar-refractivity contribution in [2.24, 2.45) is 0 Å². The quantitative estimate of drug-likeness (QED) is 0.261. The van der Waals surface area contributed by atoms with E-state index in [1.54, 1.807) is 0 Å². The normalized spacial score (nSPS) is 14.0. The summed E-state index contributed by atoms with van der Waals surface area (Å²) in [5, 5.41) is 21.2. The fraction of sp³-hybridized carbons (Fsp3) is 0.250. The Balaban J connectivity index is 0.000000436. The SMILES string of the molecule is FC(F)(F)c1ccnc(NCCCN2CC=C(c3cccc4ccccc34)CC2)c1.O=C(O)/C=C/C(=O)O. The Kier molecular flexibility index (Phi) is 10.0. The smallest absolute Gasteiger partial charge is 0.416 e. The van der Waals surface area contributed by atoms with Crippen LogP contribution in [0.15, 0.2) is 79.0 Å². The van der Waals surface area contributed by atoms with Crippen LogP contribution in [0.5, 0.6) is 0 Å². The van der Waals surface area contributed by atoms with Gasteiger partial charge < -0.3 is 15.5 Å². The zero-order valence-corrected chi connectivity index (χ0v) is 20.5. The number of hydrogen-bond donors (Lipinski definition) is 3. The van der Waals surface area contributed by atoms with Crippen LogP contribution in [0.4, 0.5) is 19.0 Å². The molecule has 1 aliphatic rings. The Morgan fingerprint density at radius 2 is 1.74 bits per heavy atom. The molecule has 0 aliphatic carbocycles. The third-order valence-corrected chi connectivity index (χ3v) is 5.84. The number of nitrogens with zero attached hydrogens (tertiary/aromatic N) is 2. The molecule has 3 N–H and O–H groups in total. The van der Waals surface area contributed by atoms with Gasteiger partial charge in [0.05, 0.1) is 5.56 Å². The third kappa shape index (κ3) is 8.74. The molecule has 10 heteroatoms. The van der Waals surface area contributed by atoms with Gasteiger partial charge in [0.15, 0.2) is 0 Å². The first-order valence-corrected chi connectivity index (χ1v) is 11.9. The van der Waals surface area contributed by atoms with Crippen LogP contribution in [0, 0.1) is 0 Å². The van der Waals surface area contributed by atoms with Crippen LogP contribution in [0.2, 0.25) is 0 Å². The number of aromatic nitrogens is 1. The van der Waals surface area contributed by atoms with Crippen LogP contribution >= 0.6 is 0 Å². The van der Waals surface area contributed by atoms with Crippen molar-refractivity contribution < 1.29 is 33.0 Å². The predicted molar refractivity (Wildman–Crippen MR) is 140 cm³/mol. The van der Waals surface area contributed by atoms with Gasteiger partial charge in [-0.1, -0.05) is 48.5 Å². The van der Waals surface area contributed by atoms with E-state index in [0.717, 1.165) is 44.6 Å². The van der Waals surface area contributed by atoms with Crippen molar-refractivity contribution in [2.75, 3.05) is 31.5 Å². The fourth-order valence-corrected chi connectivity index (χ4v) is 4.03. The van der Waals surface area contributed by atoms with Crippen LogP contribution in [-0.4, -0.2) is 58.2 Å². The van der Waals surface area contributed by atoms with Crippen molar-refractivity contribution in [3.63, 3.8) is 0 Å². The summed E-state index contributed by atoms with van der Waals surface area (Å²) >= 11 is 0. The summed E-state index contributed by atoms with van der Waals surface area (Å²) in [6.45, 7) is 3.35. The lowest BCUT2D eigenvalue weighted by Gasteiger charge is -2.27. The number of carboxylic acids is 2. The number of nitrogens with one attached hydrogen (secondary N) is 1. The number of benzene rings is 2. The van der Waals surface area contributed by atoms with Gasteiger partial charge in [-0.05, 0) is 46.9 Å². The molecular formula is C28H28F3N3O4. The van der Waals surface area contributed by atoms with E-state index in [-0.39, 0.29) is 5.82 Å². The Labute approximate surface area is 217 Å². The van der Waals surface area contributed by atoms with Gasteiger partial charge >= 0.3 is 18.1 Å². The van der Waals surface area contributed by atoms with E-state index in [9.17, 15) is 22.8 Å². The molecule has 0 bridgehead atoms. The molecule has 2 heterocycles. The van der Waals surface area contributed by atoms with Crippen LogP contribution < -0.4 is 5.32 Å². The van der Waals surface area contributed by atoms with Crippen LogP contribution in [0.1, 0.15) is 24.0 Å². The maximum absolute atomic E-state index is 12.8. The van der Waals surface area contributed by atoms with Crippen molar-refractivity contribution >= 4 is 34.1 Å². The molecule has 0 radical (unpaired) electrons. The Bertz CT molecular complexity index is 1300. The lowest BCUT2D eigenvalue weighted by Crippen LogP contribution is -2.30. The highest BCUT2D eigenvalue weighted by atomic mass is 19.4. The third-order valence-electron chi connectivity index (χ3n) is 5.84. The lowest BCUT2D eigenvalue weighted by molar-refractivity contribution is -0.137. The molecule has 0 amide bonds. The van der Waals surface area contributed by atoms with Gasteiger partial charge in [0.1, 0.15) is 5.82 Å². The molecule has 4 rings (SSSR count). The standard InChI is InChI=1S/C24H24F3N3.C4H4O4/c25-24(26,27)20-9-13-29-23(17-20)28-12-4-14-30-15-10-19(11-16-30)22-8-3-6-18-5-1-2-7-21(18)22;5-3(6)1-2-4(7)8/h1-3,5-10,13,17H,4,11-12,14-16H2,(H,28,29);1-2H,(H,5,6)(H,7,8)/b;2-1+. The second-order valence-electron chi connectivity index (χ2n) is 8.52. The van der Waals surface area contributed by atoms with E-state index < -0.39 is 23.7 Å². The molecule has 0 atom stereocenters. The van der Waals surface area contributed by atoms with E-state index in [1.165, 1.54) is 28.1 Å². The summed E-state index contributed by atoms with van der Waals surface area (Å²) in [5.41, 5.74) is 2.02. The average molecular weight is 528 g/mol. The minimum Gasteiger partial charge on any atom is -0.478 e. The molecule has 0 saturated heterocycles. The van der Waals surface area contributed by atoms with E-state index in [4.69, 9.17) is 10.2 Å². The predicted octanol–water partition coefficient (Wildman–Crippen LogP) is 5.56. The molecule has 200 valence electrons. The lowest BCUT2D eigenvalue weighted by atomic mass is 9.94. The first-order chi connectivity index (χ1) is 18.1. The summed E-state index contributed by atoms with van der Waals surface area (Å²) in [7, 11) is 0. The molecule has 1 aromatic heterocycles. The van der Waals surface area contributed by atoms with Crippen molar-refractivity contribution in [3.05, 3.63) is 90.1 Å². The minimum atomic E-state index is -4.35. The number of aliphatic carboxylic acids is 2. The zero-order chi connectivity index (χ0) is 27.5. The minimum absolute atomic E-state index is 0.265. The zero-order valence-electron chi connectivity index (χ0n) is 20.5. The van der Waals surface area contributed by atoms with E-state index in [1.807, 2.05) is 0 Å². The van der Waals surface area contributed by atoms with Gasteiger partial charge in [0, 0.05) is 44.5 Å². The summed E-state index contributed by atoms with van der Waals surface area (Å²) in [6.07, 6.45) is 2.10. The number of fused-ring (bicyclic) bond motifs is 1. The fourth-order valence-electron chi connectivity index (χ4n) is 4.03. The topological polar surface area (TPSA) is 103 Å². The molecule has 2 aromatic carbocycles. The van der Waals surface area contributed by atoms with Gasteiger partial charge in [-0.25, -0.2) is 14.6 Å². The number of carboxylic acid groups (broad SMARTS) is 2. The van der Waals surface area contributed by atoms with Crippen LogP contribution in [0.25, 0.3) is 16.3 Å². The van der Waals surface area contributed by atoms with Gasteiger partial charge in [-0.15, -0.1) is 0 Å². The molecule has 0 spiro atoms. The number of pyridine rings is 1.